The van der Waals surface area contributed by atoms with Crippen molar-refractivity contribution in [2.75, 3.05) is 0 Å². The van der Waals surface area contributed by atoms with Gasteiger partial charge < -0.3 is 4.74 Å². The van der Waals surface area contributed by atoms with Crippen molar-refractivity contribution in [2.45, 2.75) is 18.8 Å². The van der Waals surface area contributed by atoms with Gasteiger partial charge >= 0.3 is 0 Å². The predicted molar refractivity (Wildman–Crippen MR) is 68.1 cm³/mol. The van der Waals surface area contributed by atoms with Gasteiger partial charge in [0.25, 0.3) is 0 Å². The van der Waals surface area contributed by atoms with Gasteiger partial charge in [0, 0.05) is 11.6 Å². The molecule has 4 heteroatoms. The molecule has 18 heavy (non-hydrogen) atoms. The molecule has 1 aromatic heterocycles. The normalized spacial score (nSPS) is 23.4. The van der Waals surface area contributed by atoms with E-state index in [2.05, 4.69) is 16.3 Å². The molecule has 0 radical (unpaired) electrons. The highest BCUT2D eigenvalue weighted by Crippen LogP contribution is 2.59. The Hall–Kier alpha value is -1.61. The Morgan fingerprint density at radius 3 is 2.94 bits per heavy atom. The average molecular weight is 259 g/mol. The summed E-state index contributed by atoms with van der Waals surface area (Å²) < 4.78 is 5.84. The number of fused-ring (bicyclic) bond motifs is 3. The summed E-state index contributed by atoms with van der Waals surface area (Å²) in [5.41, 5.74) is 2.80. The molecule has 1 heterocycles. The second-order valence-electron chi connectivity index (χ2n) is 4.93. The molecule has 0 amide bonds. The zero-order chi connectivity index (χ0) is 12.1. The fraction of sp³-hybridized carbons (Fsp3) is 0.286. The van der Waals surface area contributed by atoms with Crippen molar-refractivity contribution < 1.29 is 4.74 Å². The smallest absolute Gasteiger partial charge is 0.238 e. The van der Waals surface area contributed by atoms with E-state index in [-0.39, 0.29) is 0 Å². The largest absolute Gasteiger partial charge is 0.437 e. The lowest BCUT2D eigenvalue weighted by Gasteiger charge is -2.10. The lowest BCUT2D eigenvalue weighted by Crippen LogP contribution is -1.95. The molecule has 1 fully saturated rings. The summed E-state index contributed by atoms with van der Waals surface area (Å²) in [6, 6.07) is 9.68. The Morgan fingerprint density at radius 2 is 2.11 bits per heavy atom. The molecule has 0 saturated heterocycles. The summed E-state index contributed by atoms with van der Waals surface area (Å²) in [7, 11) is 0. The van der Waals surface area contributed by atoms with Crippen LogP contribution in [0.1, 0.15) is 23.5 Å². The van der Waals surface area contributed by atoms with E-state index in [9.17, 15) is 0 Å². The van der Waals surface area contributed by atoms with E-state index in [1.165, 1.54) is 24.0 Å². The molecule has 2 unspecified atom stereocenters. The second-order valence-corrected chi connectivity index (χ2v) is 5.32. The van der Waals surface area contributed by atoms with Gasteiger partial charge in [-0.25, -0.2) is 0 Å². The van der Waals surface area contributed by atoms with Gasteiger partial charge in [-0.05, 0) is 42.4 Å². The van der Waals surface area contributed by atoms with Crippen LogP contribution in [0.2, 0.25) is 5.15 Å². The van der Waals surface area contributed by atoms with Crippen LogP contribution in [0, 0.1) is 5.92 Å². The maximum absolute atomic E-state index is 5.84. The quantitative estimate of drug-likeness (QED) is 0.826. The monoisotopic (exact) mass is 258 g/mol. The first-order chi connectivity index (χ1) is 8.81. The molecule has 4 rings (SSSR count). The van der Waals surface area contributed by atoms with Gasteiger partial charge in [0.15, 0.2) is 5.15 Å². The van der Waals surface area contributed by atoms with Crippen molar-refractivity contribution in [3.63, 3.8) is 0 Å². The summed E-state index contributed by atoms with van der Waals surface area (Å²) >= 11 is 5.71. The Labute approximate surface area is 110 Å². The molecule has 2 atom stereocenters. The highest BCUT2D eigenvalue weighted by Gasteiger charge is 2.46. The molecule has 2 aliphatic rings. The Kier molecular flexibility index (Phi) is 2.12. The number of rotatable bonds is 2. The molecule has 90 valence electrons. The molecule has 1 aromatic carbocycles. The van der Waals surface area contributed by atoms with E-state index >= 15 is 0 Å². The van der Waals surface area contributed by atoms with Gasteiger partial charge in [-0.15, -0.1) is 10.2 Å². The van der Waals surface area contributed by atoms with Crippen molar-refractivity contribution in [1.29, 1.82) is 0 Å². The predicted octanol–water partition coefficient (Wildman–Crippen LogP) is 3.58. The summed E-state index contributed by atoms with van der Waals surface area (Å²) in [5, 5.41) is 8.10. The maximum atomic E-state index is 5.84. The molecule has 0 spiro atoms. The van der Waals surface area contributed by atoms with Crippen LogP contribution in [0.25, 0.3) is 0 Å². The van der Waals surface area contributed by atoms with E-state index in [0.717, 1.165) is 11.7 Å². The van der Waals surface area contributed by atoms with Crippen LogP contribution >= 0.6 is 11.6 Å². The van der Waals surface area contributed by atoms with Gasteiger partial charge in [0.2, 0.25) is 5.88 Å². The van der Waals surface area contributed by atoms with Crippen molar-refractivity contribution in [3.05, 3.63) is 46.6 Å². The molecule has 1 saturated carbocycles. The van der Waals surface area contributed by atoms with E-state index in [0.29, 0.717) is 17.0 Å². The van der Waals surface area contributed by atoms with E-state index in [1.54, 1.807) is 12.1 Å². The van der Waals surface area contributed by atoms with Gasteiger partial charge in [-0.1, -0.05) is 23.7 Å². The number of hydrogen-bond donors (Lipinski definition) is 0. The Balaban J connectivity index is 1.70. The van der Waals surface area contributed by atoms with Crippen LogP contribution in [0.15, 0.2) is 30.3 Å². The number of ether oxygens (including phenoxy) is 1. The summed E-state index contributed by atoms with van der Waals surface area (Å²) in [4.78, 5) is 0. The molecular formula is C14H11ClN2O. The van der Waals surface area contributed by atoms with Gasteiger partial charge in [-0.2, -0.15) is 0 Å². The number of benzene rings is 1. The van der Waals surface area contributed by atoms with E-state index in [1.807, 2.05) is 12.1 Å². The van der Waals surface area contributed by atoms with E-state index in [4.69, 9.17) is 16.3 Å². The zero-order valence-corrected chi connectivity index (χ0v) is 10.4. The van der Waals surface area contributed by atoms with Gasteiger partial charge in [-0.3, -0.25) is 0 Å². The standard InChI is InChI=1S/C14H11ClN2O/c15-12-4-5-13(17-16-12)18-11-3-1-2-8-6-9-7-10(9)14(8)11/h1-5,9-10H,6-7H2. The van der Waals surface area contributed by atoms with Gasteiger partial charge in [0.1, 0.15) is 5.75 Å². The summed E-state index contributed by atoms with van der Waals surface area (Å²) in [6.07, 6.45) is 2.50. The van der Waals surface area contributed by atoms with Gasteiger partial charge in [0.05, 0.1) is 0 Å². The second kappa shape index (κ2) is 3.69. The van der Waals surface area contributed by atoms with Crippen molar-refractivity contribution in [1.82, 2.24) is 10.2 Å². The molecule has 0 N–H and O–H groups in total. The summed E-state index contributed by atoms with van der Waals surface area (Å²) in [5.74, 6) is 2.98. The SMILES string of the molecule is Clc1ccc(Oc2cccc3c2C2CC2C3)nn1. The number of halogens is 1. The first kappa shape index (κ1) is 10.3. The van der Waals surface area contributed by atoms with Crippen LogP contribution in [0.4, 0.5) is 0 Å². The zero-order valence-electron chi connectivity index (χ0n) is 9.64. The molecule has 3 nitrogen and oxygen atoms in total. The lowest BCUT2D eigenvalue weighted by atomic mass is 10.1. The average Bonchev–Trinajstić information content (AvgIpc) is 3.04. The third-order valence-corrected chi connectivity index (χ3v) is 3.96. The van der Waals surface area contributed by atoms with Crippen LogP contribution in [0.5, 0.6) is 11.6 Å². The number of aromatic nitrogens is 2. The highest BCUT2D eigenvalue weighted by molar-refractivity contribution is 6.29. The summed E-state index contributed by atoms with van der Waals surface area (Å²) in [6.45, 7) is 0. The minimum atomic E-state index is 0.378. The van der Waals surface area contributed by atoms with Crippen LogP contribution < -0.4 is 4.74 Å². The van der Waals surface area contributed by atoms with Crippen LogP contribution in [-0.4, -0.2) is 10.2 Å². The number of hydrogen-bond acceptors (Lipinski definition) is 3. The molecule has 2 aliphatic carbocycles. The van der Waals surface area contributed by atoms with Crippen molar-refractivity contribution >= 4 is 11.6 Å². The maximum Gasteiger partial charge on any atom is 0.238 e. The first-order valence-electron chi connectivity index (χ1n) is 6.10. The lowest BCUT2D eigenvalue weighted by molar-refractivity contribution is 0.450. The molecular weight excluding hydrogens is 248 g/mol. The Bertz CT molecular complexity index is 612. The number of nitrogens with zero attached hydrogens (tertiary/aromatic N) is 2. The fourth-order valence-corrected chi connectivity index (χ4v) is 2.96. The van der Waals surface area contributed by atoms with Crippen LogP contribution in [-0.2, 0) is 6.42 Å². The van der Waals surface area contributed by atoms with E-state index < -0.39 is 0 Å². The molecule has 0 bridgehead atoms. The van der Waals surface area contributed by atoms with Crippen molar-refractivity contribution in [2.24, 2.45) is 5.92 Å². The minimum absolute atomic E-state index is 0.378. The third kappa shape index (κ3) is 1.58. The topological polar surface area (TPSA) is 35.0 Å². The fourth-order valence-electron chi connectivity index (χ4n) is 2.86. The highest BCUT2D eigenvalue weighted by atomic mass is 35.5. The molecule has 2 aromatic rings. The first-order valence-corrected chi connectivity index (χ1v) is 6.48. The van der Waals surface area contributed by atoms with Crippen molar-refractivity contribution in [3.8, 4) is 11.6 Å². The molecule has 0 aliphatic heterocycles. The Morgan fingerprint density at radius 1 is 1.17 bits per heavy atom. The third-order valence-electron chi connectivity index (χ3n) is 3.75. The minimum Gasteiger partial charge on any atom is -0.437 e. The van der Waals surface area contributed by atoms with Crippen LogP contribution in [0.3, 0.4) is 0 Å².